The molecule has 0 spiro atoms. The van der Waals surface area contributed by atoms with E-state index in [1.165, 1.54) is 28.8 Å². The van der Waals surface area contributed by atoms with Crippen LogP contribution in [0.3, 0.4) is 0 Å². The number of benzene rings is 2. The zero-order valence-corrected chi connectivity index (χ0v) is 19.3. The van der Waals surface area contributed by atoms with Gasteiger partial charge in [-0.3, -0.25) is 9.36 Å². The van der Waals surface area contributed by atoms with E-state index < -0.39 is 11.7 Å². The first-order valence-corrected chi connectivity index (χ1v) is 11.1. The molecule has 0 saturated heterocycles. The maximum atomic E-state index is 14.0. The molecule has 2 aromatic carbocycles. The number of primary amides is 1. The van der Waals surface area contributed by atoms with E-state index in [0.717, 1.165) is 17.1 Å². The molecule has 4 aromatic heterocycles. The molecule has 4 heterocycles. The Labute approximate surface area is 203 Å². The molecule has 0 aliphatic heterocycles. The molecular weight excluding hydrogens is 464 g/mol. The van der Waals surface area contributed by atoms with Gasteiger partial charge in [-0.25, -0.2) is 23.3 Å². The third kappa shape index (κ3) is 3.34. The summed E-state index contributed by atoms with van der Waals surface area (Å²) in [6, 6.07) is 15.6. The highest BCUT2D eigenvalue weighted by molar-refractivity contribution is 5.99. The fraction of sp³-hybridized carbons (Fsp3) is 0.0769. The molecular formula is C26H19F2N7O. The van der Waals surface area contributed by atoms with Crippen LogP contribution in [0.4, 0.5) is 8.78 Å². The first-order chi connectivity index (χ1) is 17.3. The highest BCUT2D eigenvalue weighted by Crippen LogP contribution is 2.32. The van der Waals surface area contributed by atoms with Crippen molar-refractivity contribution in [3.63, 3.8) is 0 Å². The van der Waals surface area contributed by atoms with Gasteiger partial charge in [0.05, 0.1) is 23.1 Å². The average molecular weight is 483 g/mol. The average Bonchev–Trinajstić information content (AvgIpc) is 3.52. The fourth-order valence-corrected chi connectivity index (χ4v) is 4.42. The highest BCUT2D eigenvalue weighted by atomic mass is 19.1. The second kappa shape index (κ2) is 7.84. The Morgan fingerprint density at radius 3 is 2.44 bits per heavy atom. The summed E-state index contributed by atoms with van der Waals surface area (Å²) in [5.41, 5.74) is 9.58. The Kier molecular flexibility index (Phi) is 4.72. The molecule has 0 unspecified atom stereocenters. The summed E-state index contributed by atoms with van der Waals surface area (Å²) in [7, 11) is 1.88. The molecule has 0 bridgehead atoms. The Hall–Kier alpha value is -4.86. The number of fused-ring (bicyclic) bond motifs is 2. The fourth-order valence-electron chi connectivity index (χ4n) is 4.42. The largest absolute Gasteiger partial charge is 0.364 e. The number of aromatic nitrogens is 6. The van der Waals surface area contributed by atoms with Crippen molar-refractivity contribution in [3.05, 3.63) is 90.0 Å². The van der Waals surface area contributed by atoms with Gasteiger partial charge in [0.2, 0.25) is 0 Å². The molecule has 0 aliphatic rings. The monoisotopic (exact) mass is 483 g/mol. The van der Waals surface area contributed by atoms with Crippen LogP contribution in [0.25, 0.3) is 45.0 Å². The van der Waals surface area contributed by atoms with Gasteiger partial charge >= 0.3 is 0 Å². The Morgan fingerprint density at radius 1 is 0.944 bits per heavy atom. The molecule has 0 radical (unpaired) electrons. The van der Waals surface area contributed by atoms with Gasteiger partial charge in [0.25, 0.3) is 5.91 Å². The minimum atomic E-state index is -0.661. The number of hydrogen-bond acceptors (Lipinski definition) is 4. The van der Waals surface area contributed by atoms with E-state index in [1.54, 1.807) is 41.0 Å². The van der Waals surface area contributed by atoms with Crippen LogP contribution >= 0.6 is 0 Å². The third-order valence-electron chi connectivity index (χ3n) is 6.23. The van der Waals surface area contributed by atoms with E-state index in [9.17, 15) is 13.6 Å². The molecule has 6 rings (SSSR count). The smallest absolute Gasteiger partial charge is 0.265 e. The number of halogens is 2. The number of amides is 1. The highest BCUT2D eigenvalue weighted by Gasteiger charge is 2.20. The van der Waals surface area contributed by atoms with Gasteiger partial charge in [0, 0.05) is 18.0 Å². The van der Waals surface area contributed by atoms with E-state index >= 15 is 0 Å². The van der Waals surface area contributed by atoms with Crippen molar-refractivity contribution in [1.82, 2.24) is 28.7 Å². The zero-order chi connectivity index (χ0) is 25.1. The summed E-state index contributed by atoms with van der Waals surface area (Å²) in [5.74, 6) is -0.293. The van der Waals surface area contributed by atoms with Crippen molar-refractivity contribution in [2.45, 2.75) is 6.92 Å². The lowest BCUT2D eigenvalue weighted by atomic mass is 10.1. The van der Waals surface area contributed by atoms with E-state index in [-0.39, 0.29) is 11.5 Å². The lowest BCUT2D eigenvalue weighted by Gasteiger charge is -2.07. The summed E-state index contributed by atoms with van der Waals surface area (Å²) in [6.07, 6.45) is 1.65. The Morgan fingerprint density at radius 2 is 1.69 bits per heavy atom. The standard InChI is InChI=1S/C26H19F2N7O/c1-14-30-24(15-3-6-17(27)7-4-15)25(33(14)2)19-9-10-22-31-23(13-34(22)32-19)35-20-12-18(28)8-5-16(20)11-21(35)26(29)36/h3-13H,1-2H3,(H2,29,36). The summed E-state index contributed by atoms with van der Waals surface area (Å²) in [5, 5.41) is 5.40. The van der Waals surface area contributed by atoms with Crippen LogP contribution < -0.4 is 5.73 Å². The number of nitrogens with two attached hydrogens (primary N) is 1. The third-order valence-corrected chi connectivity index (χ3v) is 6.23. The second-order valence-corrected chi connectivity index (χ2v) is 8.47. The summed E-state index contributed by atoms with van der Waals surface area (Å²) >= 11 is 0. The lowest BCUT2D eigenvalue weighted by molar-refractivity contribution is 0.0994. The number of carbonyl (C=O) groups excluding carboxylic acids is 1. The molecule has 2 N–H and O–H groups in total. The Bertz CT molecular complexity index is 1810. The minimum Gasteiger partial charge on any atom is -0.364 e. The second-order valence-electron chi connectivity index (χ2n) is 8.47. The van der Waals surface area contributed by atoms with Gasteiger partial charge in [-0.1, -0.05) is 0 Å². The quantitative estimate of drug-likeness (QED) is 0.401. The summed E-state index contributed by atoms with van der Waals surface area (Å²) in [4.78, 5) is 21.4. The van der Waals surface area contributed by atoms with E-state index in [0.29, 0.717) is 33.8 Å². The number of imidazole rings is 2. The van der Waals surface area contributed by atoms with Crippen molar-refractivity contribution in [3.8, 4) is 28.5 Å². The van der Waals surface area contributed by atoms with E-state index in [4.69, 9.17) is 10.8 Å². The van der Waals surface area contributed by atoms with Gasteiger partial charge < -0.3 is 10.3 Å². The normalized spacial score (nSPS) is 11.6. The molecule has 6 aromatic rings. The van der Waals surface area contributed by atoms with Crippen molar-refractivity contribution in [2.24, 2.45) is 12.8 Å². The van der Waals surface area contributed by atoms with Crippen molar-refractivity contribution in [1.29, 1.82) is 0 Å². The number of rotatable bonds is 4. The minimum absolute atomic E-state index is 0.181. The Balaban J connectivity index is 1.53. The molecule has 0 aliphatic carbocycles. The van der Waals surface area contributed by atoms with Crippen LogP contribution in [-0.4, -0.2) is 34.6 Å². The van der Waals surface area contributed by atoms with Crippen molar-refractivity contribution < 1.29 is 13.6 Å². The molecule has 36 heavy (non-hydrogen) atoms. The predicted octanol–water partition coefficient (Wildman–Crippen LogP) is 4.43. The van der Waals surface area contributed by atoms with Gasteiger partial charge in [0.1, 0.15) is 28.8 Å². The molecule has 0 fully saturated rings. The molecule has 0 saturated carbocycles. The van der Waals surface area contributed by atoms with Crippen LogP contribution in [0.2, 0.25) is 0 Å². The summed E-state index contributed by atoms with van der Waals surface area (Å²) in [6.45, 7) is 1.88. The maximum absolute atomic E-state index is 14.0. The first kappa shape index (κ1) is 21.7. The van der Waals surface area contributed by atoms with E-state index in [1.807, 2.05) is 24.6 Å². The maximum Gasteiger partial charge on any atom is 0.265 e. The van der Waals surface area contributed by atoms with Crippen LogP contribution in [0, 0.1) is 18.6 Å². The van der Waals surface area contributed by atoms with Crippen molar-refractivity contribution >= 4 is 22.5 Å². The van der Waals surface area contributed by atoms with Gasteiger partial charge in [0.15, 0.2) is 11.5 Å². The van der Waals surface area contributed by atoms with E-state index in [2.05, 4.69) is 9.97 Å². The number of hydrogen-bond donors (Lipinski definition) is 1. The predicted molar refractivity (Wildman–Crippen MR) is 131 cm³/mol. The van der Waals surface area contributed by atoms with Crippen LogP contribution in [-0.2, 0) is 7.05 Å². The van der Waals surface area contributed by atoms with Crippen LogP contribution in [0.1, 0.15) is 16.3 Å². The molecule has 1 amide bonds. The zero-order valence-electron chi connectivity index (χ0n) is 19.3. The first-order valence-electron chi connectivity index (χ1n) is 11.1. The van der Waals surface area contributed by atoms with Gasteiger partial charge in [-0.2, -0.15) is 5.10 Å². The number of aryl methyl sites for hydroxylation is 1. The van der Waals surface area contributed by atoms with Gasteiger partial charge in [-0.05, 0) is 67.6 Å². The topological polar surface area (TPSA) is 96.0 Å². The van der Waals surface area contributed by atoms with Crippen LogP contribution in [0.15, 0.2) is 66.9 Å². The lowest BCUT2D eigenvalue weighted by Crippen LogP contribution is -2.16. The van der Waals surface area contributed by atoms with Gasteiger partial charge in [-0.15, -0.1) is 0 Å². The number of carbonyl (C=O) groups is 1. The molecule has 8 nitrogen and oxygen atoms in total. The molecule has 178 valence electrons. The van der Waals surface area contributed by atoms with Crippen LogP contribution in [0.5, 0.6) is 0 Å². The van der Waals surface area contributed by atoms with Crippen molar-refractivity contribution in [2.75, 3.05) is 0 Å². The summed E-state index contributed by atoms with van der Waals surface area (Å²) < 4.78 is 32.5. The SMILES string of the molecule is Cc1nc(-c2ccc(F)cc2)c(-c2ccc3nc(-n4c(C(N)=O)cc5ccc(F)cc54)cn3n2)n1C. The molecule has 10 heteroatoms. The number of nitrogens with zero attached hydrogens (tertiary/aromatic N) is 6. The molecule has 0 atom stereocenters.